The highest BCUT2D eigenvalue weighted by molar-refractivity contribution is 6.30. The predicted molar refractivity (Wildman–Crippen MR) is 108 cm³/mol. The van der Waals surface area contributed by atoms with Gasteiger partial charge in [0, 0.05) is 28.2 Å². The maximum atomic E-state index is 12.4. The molecule has 3 rings (SSSR count). The molecule has 3 N–H and O–H groups in total. The van der Waals surface area contributed by atoms with Crippen molar-refractivity contribution in [1.29, 1.82) is 0 Å². The number of rotatable bonds is 3. The number of hydrogen-bond acceptors (Lipinski definition) is 3. The molecule has 1 aliphatic heterocycles. The quantitative estimate of drug-likeness (QED) is 0.658. The van der Waals surface area contributed by atoms with Crippen LogP contribution in [0.25, 0.3) is 0 Å². The van der Waals surface area contributed by atoms with E-state index in [0.29, 0.717) is 22.8 Å². The van der Waals surface area contributed by atoms with Gasteiger partial charge >= 0.3 is 6.03 Å². The van der Waals surface area contributed by atoms with Crippen molar-refractivity contribution >= 4 is 29.0 Å². The Balaban J connectivity index is 1.77. The maximum Gasteiger partial charge on any atom is 0.323 e. The van der Waals surface area contributed by atoms with E-state index in [1.165, 1.54) is 0 Å². The van der Waals surface area contributed by atoms with Crippen molar-refractivity contribution in [2.45, 2.75) is 46.5 Å². The van der Waals surface area contributed by atoms with Gasteiger partial charge in [-0.05, 0) is 60.9 Å². The molecule has 2 aromatic rings. The summed E-state index contributed by atoms with van der Waals surface area (Å²) in [5, 5.41) is 16.2. The van der Waals surface area contributed by atoms with E-state index in [0.717, 1.165) is 16.7 Å². The highest BCUT2D eigenvalue weighted by Crippen LogP contribution is 2.48. The molecule has 2 atom stereocenters. The number of ether oxygens (including phenoxy) is 1. The Morgan fingerprint density at radius 3 is 2.52 bits per heavy atom. The van der Waals surface area contributed by atoms with Gasteiger partial charge in [-0.3, -0.25) is 0 Å². The third-order valence-electron chi connectivity index (χ3n) is 4.96. The van der Waals surface area contributed by atoms with Gasteiger partial charge in [-0.1, -0.05) is 31.5 Å². The summed E-state index contributed by atoms with van der Waals surface area (Å²) in [7, 11) is 0. The topological polar surface area (TPSA) is 70.6 Å². The number of urea groups is 1. The number of aliphatic hydroxyl groups excluding tert-OH is 1. The van der Waals surface area contributed by atoms with E-state index in [1.54, 1.807) is 18.2 Å². The molecule has 144 valence electrons. The summed E-state index contributed by atoms with van der Waals surface area (Å²) >= 11 is 5.95. The molecule has 1 fully saturated rings. The van der Waals surface area contributed by atoms with Gasteiger partial charge in [-0.2, -0.15) is 0 Å². The van der Waals surface area contributed by atoms with Crippen LogP contribution in [0.3, 0.4) is 0 Å². The van der Waals surface area contributed by atoms with E-state index in [4.69, 9.17) is 16.3 Å². The van der Waals surface area contributed by atoms with Crippen molar-refractivity contribution in [3.8, 4) is 0 Å². The van der Waals surface area contributed by atoms with E-state index in [9.17, 15) is 9.90 Å². The lowest BCUT2D eigenvalue weighted by molar-refractivity contribution is -0.0963. The first-order chi connectivity index (χ1) is 12.7. The van der Waals surface area contributed by atoms with E-state index in [2.05, 4.69) is 24.5 Å². The fourth-order valence-electron chi connectivity index (χ4n) is 3.49. The molecule has 2 aromatic carbocycles. The van der Waals surface area contributed by atoms with E-state index < -0.39 is 6.29 Å². The summed E-state index contributed by atoms with van der Waals surface area (Å²) in [5.41, 5.74) is 4.09. The fraction of sp³-hybridized carbons (Fsp3) is 0.381. The minimum Gasteiger partial charge on any atom is -0.368 e. The Kier molecular flexibility index (Phi) is 5.47. The van der Waals surface area contributed by atoms with Crippen molar-refractivity contribution in [3.63, 3.8) is 0 Å². The molecule has 0 aliphatic carbocycles. The number of aryl methyl sites for hydroxylation is 2. The second-order valence-corrected chi connectivity index (χ2v) is 8.21. The van der Waals surface area contributed by atoms with Gasteiger partial charge in [0.15, 0.2) is 6.29 Å². The minimum absolute atomic E-state index is 0.189. The van der Waals surface area contributed by atoms with Gasteiger partial charge < -0.3 is 20.5 Å². The van der Waals surface area contributed by atoms with Crippen molar-refractivity contribution < 1.29 is 14.6 Å². The van der Waals surface area contributed by atoms with Crippen LogP contribution in [0.4, 0.5) is 16.2 Å². The Labute approximate surface area is 164 Å². The Morgan fingerprint density at radius 2 is 1.89 bits per heavy atom. The lowest BCUT2D eigenvalue weighted by Gasteiger charge is -2.27. The van der Waals surface area contributed by atoms with Crippen LogP contribution >= 0.6 is 11.6 Å². The van der Waals surface area contributed by atoms with Crippen molar-refractivity contribution in [1.82, 2.24) is 0 Å². The van der Waals surface area contributed by atoms with Crippen molar-refractivity contribution in [2.24, 2.45) is 5.41 Å². The van der Waals surface area contributed by atoms with Crippen LogP contribution in [0, 0.1) is 19.3 Å². The zero-order valence-electron chi connectivity index (χ0n) is 16.0. The average molecular weight is 389 g/mol. The molecule has 0 bridgehead atoms. The maximum absolute atomic E-state index is 12.4. The molecule has 5 nitrogen and oxygen atoms in total. The molecule has 0 saturated carbocycles. The van der Waals surface area contributed by atoms with Gasteiger partial charge in [0.25, 0.3) is 0 Å². The summed E-state index contributed by atoms with van der Waals surface area (Å²) in [5.74, 6) is 0. The van der Waals surface area contributed by atoms with Crippen LogP contribution in [0.1, 0.15) is 43.1 Å². The molecular weight excluding hydrogens is 364 g/mol. The standard InChI is InChI=1S/C21H25ClN2O3/c1-12-5-7-15(10-16(12)19-21(3,4)11-18(25)27-19)23-20(26)24-17-8-6-14(22)9-13(17)2/h5-10,18-19,25H,11H2,1-4H3,(H2,23,24,26). The number of carbonyl (C=O) groups is 1. The molecule has 1 aliphatic rings. The summed E-state index contributed by atoms with van der Waals surface area (Å²) in [6.45, 7) is 8.03. The summed E-state index contributed by atoms with van der Waals surface area (Å²) in [6, 6.07) is 10.7. The number of amides is 2. The normalized spacial score (nSPS) is 21.1. The van der Waals surface area contributed by atoms with Crippen LogP contribution < -0.4 is 10.6 Å². The second-order valence-electron chi connectivity index (χ2n) is 7.77. The van der Waals surface area contributed by atoms with E-state index in [1.807, 2.05) is 32.0 Å². The molecule has 0 radical (unpaired) electrons. The van der Waals surface area contributed by atoms with E-state index >= 15 is 0 Å². The number of halogens is 1. The lowest BCUT2D eigenvalue weighted by atomic mass is 9.80. The Bertz CT molecular complexity index is 867. The Hall–Kier alpha value is -2.08. The van der Waals surface area contributed by atoms with Gasteiger partial charge in [0.1, 0.15) is 0 Å². The van der Waals surface area contributed by atoms with Crippen LogP contribution in [-0.2, 0) is 4.74 Å². The van der Waals surface area contributed by atoms with Crippen molar-refractivity contribution in [3.05, 3.63) is 58.1 Å². The molecule has 0 spiro atoms. The number of benzene rings is 2. The minimum atomic E-state index is -0.766. The number of aliphatic hydroxyl groups is 1. The molecule has 27 heavy (non-hydrogen) atoms. The third-order valence-corrected chi connectivity index (χ3v) is 5.19. The zero-order valence-corrected chi connectivity index (χ0v) is 16.7. The first-order valence-electron chi connectivity index (χ1n) is 8.94. The smallest absolute Gasteiger partial charge is 0.323 e. The number of carbonyl (C=O) groups excluding carboxylic acids is 1. The van der Waals surface area contributed by atoms with Crippen molar-refractivity contribution in [2.75, 3.05) is 10.6 Å². The first-order valence-corrected chi connectivity index (χ1v) is 9.32. The Morgan fingerprint density at radius 1 is 1.15 bits per heavy atom. The zero-order chi connectivity index (χ0) is 19.8. The summed E-state index contributed by atoms with van der Waals surface area (Å²) in [6.07, 6.45) is -0.418. The van der Waals surface area contributed by atoms with Crippen LogP contribution in [0.2, 0.25) is 5.02 Å². The van der Waals surface area contributed by atoms with Crippen LogP contribution in [0.15, 0.2) is 36.4 Å². The van der Waals surface area contributed by atoms with Gasteiger partial charge in [-0.25, -0.2) is 4.79 Å². The summed E-state index contributed by atoms with van der Waals surface area (Å²) in [4.78, 5) is 12.4. The molecule has 6 heteroatoms. The predicted octanol–water partition coefficient (Wildman–Crippen LogP) is 5.41. The highest BCUT2D eigenvalue weighted by atomic mass is 35.5. The van der Waals surface area contributed by atoms with Crippen LogP contribution in [0.5, 0.6) is 0 Å². The van der Waals surface area contributed by atoms with E-state index in [-0.39, 0.29) is 17.6 Å². The monoisotopic (exact) mass is 388 g/mol. The molecule has 0 aromatic heterocycles. The largest absolute Gasteiger partial charge is 0.368 e. The lowest BCUT2D eigenvalue weighted by Crippen LogP contribution is -2.21. The number of hydrogen-bond donors (Lipinski definition) is 3. The van der Waals surface area contributed by atoms with Gasteiger partial charge in [-0.15, -0.1) is 0 Å². The molecule has 2 unspecified atom stereocenters. The first kappa shape index (κ1) is 19.7. The number of anilines is 2. The molecule has 1 heterocycles. The molecular formula is C21H25ClN2O3. The summed E-state index contributed by atoms with van der Waals surface area (Å²) < 4.78 is 5.74. The van der Waals surface area contributed by atoms with Crippen LogP contribution in [-0.4, -0.2) is 17.4 Å². The fourth-order valence-corrected chi connectivity index (χ4v) is 3.72. The third kappa shape index (κ3) is 4.43. The van der Waals surface area contributed by atoms with Gasteiger partial charge in [0.2, 0.25) is 0 Å². The molecule has 1 saturated heterocycles. The second kappa shape index (κ2) is 7.50. The average Bonchev–Trinajstić information content (AvgIpc) is 2.84. The van der Waals surface area contributed by atoms with Gasteiger partial charge in [0.05, 0.1) is 6.10 Å². The highest BCUT2D eigenvalue weighted by Gasteiger charge is 2.42. The molecule has 2 amide bonds. The SMILES string of the molecule is Cc1cc(Cl)ccc1NC(=O)Nc1ccc(C)c(C2OC(O)CC2(C)C)c1. The number of nitrogens with one attached hydrogen (secondary N) is 2.